The number of pyridine rings is 1. The molecule has 3 aromatic rings. The Labute approximate surface area is 204 Å². The van der Waals surface area contributed by atoms with E-state index in [9.17, 15) is 31.9 Å². The van der Waals surface area contributed by atoms with Gasteiger partial charge >= 0.3 is 17.8 Å². The highest BCUT2D eigenvalue weighted by atomic mass is 35.5. The van der Waals surface area contributed by atoms with Crippen LogP contribution >= 0.6 is 23.4 Å². The number of esters is 1. The van der Waals surface area contributed by atoms with Gasteiger partial charge in [-0.3, -0.25) is 9.36 Å². The van der Waals surface area contributed by atoms with E-state index in [4.69, 9.17) is 21.1 Å². The van der Waals surface area contributed by atoms with Gasteiger partial charge in [-0.2, -0.15) is 13.2 Å². The molecule has 35 heavy (non-hydrogen) atoms. The quantitative estimate of drug-likeness (QED) is 0.336. The lowest BCUT2D eigenvalue weighted by Crippen LogP contribution is -2.41. The Kier molecular flexibility index (Phi) is 7.90. The van der Waals surface area contributed by atoms with Crippen LogP contribution < -0.4 is 16.0 Å². The maximum Gasteiger partial charge on any atom is 0.431 e. The van der Waals surface area contributed by atoms with Gasteiger partial charge in [-0.25, -0.2) is 23.5 Å². The third-order valence-corrected chi connectivity index (χ3v) is 5.95. The first-order valence-corrected chi connectivity index (χ1v) is 10.9. The minimum Gasteiger partial charge on any atom is -0.465 e. The summed E-state index contributed by atoms with van der Waals surface area (Å²) in [5, 5.41) is -0.117. The van der Waals surface area contributed by atoms with Gasteiger partial charge in [-0.1, -0.05) is 23.4 Å². The number of hydrogen-bond donors (Lipinski definition) is 0. The van der Waals surface area contributed by atoms with Crippen LogP contribution in [0.5, 0.6) is 5.88 Å². The molecule has 0 fully saturated rings. The molecule has 0 aliphatic rings. The summed E-state index contributed by atoms with van der Waals surface area (Å²) in [6.07, 6.45) is -3.57. The normalized spacial score (nSPS) is 11.4. The van der Waals surface area contributed by atoms with Crippen molar-refractivity contribution in [1.29, 1.82) is 0 Å². The summed E-state index contributed by atoms with van der Waals surface area (Å²) in [7, 11) is 0.813. The molecule has 0 spiro atoms. The fourth-order valence-electron chi connectivity index (χ4n) is 2.90. The van der Waals surface area contributed by atoms with Gasteiger partial charge in [0.05, 0.1) is 22.2 Å². The number of carbonyl (C=O) groups is 1. The second-order valence-corrected chi connectivity index (χ2v) is 8.27. The van der Waals surface area contributed by atoms with Crippen LogP contribution in [0.3, 0.4) is 0 Å². The number of halogens is 5. The Morgan fingerprint density at radius 2 is 1.91 bits per heavy atom. The molecule has 1 aromatic carbocycles. The number of aromatic nitrogens is 3. The highest BCUT2D eigenvalue weighted by molar-refractivity contribution is 7.99. The van der Waals surface area contributed by atoms with E-state index in [2.05, 4.69) is 4.98 Å². The highest BCUT2D eigenvalue weighted by Crippen LogP contribution is 2.39. The predicted octanol–water partition coefficient (Wildman–Crippen LogP) is 3.84. The molecule has 0 unspecified atom stereocenters. The van der Waals surface area contributed by atoms with Crippen molar-refractivity contribution >= 4 is 29.3 Å². The molecule has 0 amide bonds. The van der Waals surface area contributed by atoms with Gasteiger partial charge in [0.2, 0.25) is 5.88 Å². The summed E-state index contributed by atoms with van der Waals surface area (Å²) < 4.78 is 64.7. The molecular weight excluding hydrogens is 518 g/mol. The molecule has 8 nitrogen and oxygen atoms in total. The SMILES string of the molecule is CCOC(=O)COc1ncccc1Sc1cc(-n2c(=O)cc(C(F)(F)F)n(C)c2=O)c(F)cc1Cl. The first kappa shape index (κ1) is 26.3. The van der Waals surface area contributed by atoms with E-state index in [-0.39, 0.29) is 37.6 Å². The lowest BCUT2D eigenvalue weighted by molar-refractivity contribution is -0.145. The third kappa shape index (κ3) is 5.85. The summed E-state index contributed by atoms with van der Waals surface area (Å²) in [4.78, 5) is 41.0. The summed E-state index contributed by atoms with van der Waals surface area (Å²) in [6, 6.07) is 5.17. The zero-order valence-corrected chi connectivity index (χ0v) is 19.6. The first-order valence-electron chi connectivity index (χ1n) is 9.75. The largest absolute Gasteiger partial charge is 0.465 e. The van der Waals surface area contributed by atoms with Crippen molar-refractivity contribution in [3.8, 4) is 11.6 Å². The molecule has 3 rings (SSSR count). The minimum absolute atomic E-state index is 0.0232. The Bertz CT molecular complexity index is 1390. The standard InChI is InChI=1S/C21H16ClF4N3O5S/c1-3-33-18(31)10-34-19-14(5-4-6-27-19)35-15-8-13(12(23)7-11(15)22)29-17(30)9-16(21(24,25)26)28(2)20(29)32/h4-9H,3,10H2,1-2H3. The Morgan fingerprint density at radius 1 is 1.20 bits per heavy atom. The molecular formula is C21H16ClF4N3O5S. The number of ether oxygens (including phenoxy) is 2. The van der Waals surface area contributed by atoms with E-state index in [1.807, 2.05) is 0 Å². The maximum atomic E-state index is 14.7. The number of hydrogen-bond acceptors (Lipinski definition) is 7. The van der Waals surface area contributed by atoms with Gasteiger partial charge in [0.1, 0.15) is 11.5 Å². The second kappa shape index (κ2) is 10.5. The molecule has 14 heteroatoms. The maximum absolute atomic E-state index is 14.7. The molecule has 2 heterocycles. The van der Waals surface area contributed by atoms with Crippen LogP contribution in [0.25, 0.3) is 5.69 Å². The van der Waals surface area contributed by atoms with Crippen molar-refractivity contribution in [3.63, 3.8) is 0 Å². The van der Waals surface area contributed by atoms with Crippen molar-refractivity contribution in [3.05, 3.63) is 73.9 Å². The smallest absolute Gasteiger partial charge is 0.431 e. The van der Waals surface area contributed by atoms with Crippen molar-refractivity contribution in [2.75, 3.05) is 13.2 Å². The fourth-order valence-corrected chi connectivity index (χ4v) is 4.07. The monoisotopic (exact) mass is 533 g/mol. The van der Waals surface area contributed by atoms with Crippen LogP contribution in [0.4, 0.5) is 17.6 Å². The molecule has 0 aliphatic heterocycles. The topological polar surface area (TPSA) is 92.4 Å². The first-order chi connectivity index (χ1) is 16.4. The minimum atomic E-state index is -4.97. The van der Waals surface area contributed by atoms with Gasteiger partial charge < -0.3 is 9.47 Å². The van der Waals surface area contributed by atoms with Crippen LogP contribution in [-0.4, -0.2) is 33.3 Å². The van der Waals surface area contributed by atoms with Crippen molar-refractivity contribution in [1.82, 2.24) is 14.1 Å². The summed E-state index contributed by atoms with van der Waals surface area (Å²) in [6.45, 7) is 1.35. The van der Waals surface area contributed by atoms with Gasteiger partial charge in [-0.05, 0) is 31.2 Å². The van der Waals surface area contributed by atoms with Gasteiger partial charge in [0.15, 0.2) is 6.61 Å². The highest BCUT2D eigenvalue weighted by Gasteiger charge is 2.35. The molecule has 0 atom stereocenters. The fraction of sp³-hybridized carbons (Fsp3) is 0.238. The molecule has 0 aliphatic carbocycles. The van der Waals surface area contributed by atoms with E-state index >= 15 is 0 Å². The lowest BCUT2D eigenvalue weighted by Gasteiger charge is -2.15. The molecule has 0 bridgehead atoms. The Hall–Kier alpha value is -3.32. The third-order valence-electron chi connectivity index (χ3n) is 4.44. The van der Waals surface area contributed by atoms with Crippen molar-refractivity contribution in [2.24, 2.45) is 7.05 Å². The lowest BCUT2D eigenvalue weighted by atomic mass is 10.3. The van der Waals surface area contributed by atoms with E-state index < -0.39 is 47.2 Å². The molecule has 2 aromatic heterocycles. The molecule has 0 radical (unpaired) electrons. The number of nitrogens with zero attached hydrogens (tertiary/aromatic N) is 3. The van der Waals surface area contributed by atoms with Crippen LogP contribution in [0.2, 0.25) is 5.02 Å². The molecule has 0 saturated carbocycles. The van der Waals surface area contributed by atoms with Crippen molar-refractivity contribution in [2.45, 2.75) is 22.9 Å². The van der Waals surface area contributed by atoms with Crippen LogP contribution in [0, 0.1) is 5.82 Å². The predicted molar refractivity (Wildman–Crippen MR) is 118 cm³/mol. The number of benzene rings is 1. The van der Waals surface area contributed by atoms with Gasteiger partial charge in [-0.15, -0.1) is 0 Å². The Morgan fingerprint density at radius 3 is 2.57 bits per heavy atom. The second-order valence-electron chi connectivity index (χ2n) is 6.78. The number of rotatable bonds is 7. The average Bonchev–Trinajstić information content (AvgIpc) is 2.78. The molecule has 186 valence electrons. The van der Waals surface area contributed by atoms with E-state index in [0.717, 1.165) is 30.9 Å². The van der Waals surface area contributed by atoms with E-state index in [1.54, 1.807) is 19.1 Å². The molecule has 0 N–H and O–H groups in total. The van der Waals surface area contributed by atoms with Crippen LogP contribution in [0.1, 0.15) is 12.6 Å². The summed E-state index contributed by atoms with van der Waals surface area (Å²) in [5.74, 6) is -1.72. The van der Waals surface area contributed by atoms with Crippen LogP contribution in [-0.2, 0) is 22.8 Å². The van der Waals surface area contributed by atoms with Crippen molar-refractivity contribution < 1.29 is 31.8 Å². The zero-order chi connectivity index (χ0) is 25.9. The summed E-state index contributed by atoms with van der Waals surface area (Å²) in [5.41, 5.74) is -4.86. The summed E-state index contributed by atoms with van der Waals surface area (Å²) >= 11 is 7.04. The zero-order valence-electron chi connectivity index (χ0n) is 18.1. The van der Waals surface area contributed by atoms with E-state index in [1.165, 1.54) is 6.20 Å². The number of alkyl halides is 3. The van der Waals surface area contributed by atoms with E-state index in [0.29, 0.717) is 4.90 Å². The average molecular weight is 534 g/mol. The van der Waals surface area contributed by atoms with Gasteiger partial charge in [0, 0.05) is 24.2 Å². The number of carbonyl (C=O) groups excluding carboxylic acids is 1. The molecule has 0 saturated heterocycles. The van der Waals surface area contributed by atoms with Gasteiger partial charge in [0.25, 0.3) is 5.56 Å². The van der Waals surface area contributed by atoms with Crippen LogP contribution in [0.15, 0.2) is 55.9 Å². The Balaban J connectivity index is 2.05.